The molecule has 34 heavy (non-hydrogen) atoms. The molecule has 1 saturated heterocycles. The maximum Gasteiger partial charge on any atom is 0.407 e. The first-order chi connectivity index (χ1) is 16.2. The van der Waals surface area contributed by atoms with E-state index in [1.54, 1.807) is 6.92 Å². The normalized spacial score (nSPS) is 19.3. The molecule has 1 aliphatic carbocycles. The Morgan fingerprint density at radius 1 is 1.12 bits per heavy atom. The van der Waals surface area contributed by atoms with Crippen LogP contribution in [-0.4, -0.2) is 59.6 Å². The van der Waals surface area contributed by atoms with E-state index in [0.717, 1.165) is 22.3 Å². The standard InChI is InChI=1S/C25H26F2N2O5/c1-15(10-22(30)29-14-25(26,27)11-21(29)23(31)32)12-28-24(33)34-13-20-18-8-4-2-6-16(18)17-7-3-5-9-19(17)20/h2-9,15,20-21H,10-14H2,1H3,(H,28,33)(H,31,32)/t15?,21-/m1/s1. The van der Waals surface area contributed by atoms with Gasteiger partial charge in [-0.2, -0.15) is 0 Å². The number of ether oxygens (including phenoxy) is 1. The van der Waals surface area contributed by atoms with Crippen molar-refractivity contribution in [1.29, 1.82) is 0 Å². The Labute approximate surface area is 195 Å². The first-order valence-corrected chi connectivity index (χ1v) is 11.2. The number of alkyl halides is 2. The zero-order valence-corrected chi connectivity index (χ0v) is 18.7. The van der Waals surface area contributed by atoms with E-state index in [4.69, 9.17) is 9.84 Å². The number of alkyl carbamates (subject to hydrolysis) is 1. The maximum atomic E-state index is 13.6. The van der Waals surface area contributed by atoms with E-state index < -0.39 is 48.8 Å². The number of rotatable bonds is 7. The molecule has 1 unspecified atom stereocenters. The van der Waals surface area contributed by atoms with E-state index in [-0.39, 0.29) is 25.5 Å². The Balaban J connectivity index is 1.28. The molecular formula is C25H26F2N2O5. The van der Waals surface area contributed by atoms with Crippen molar-refractivity contribution in [1.82, 2.24) is 10.2 Å². The second kappa shape index (κ2) is 9.40. The Morgan fingerprint density at radius 3 is 2.29 bits per heavy atom. The number of amides is 2. The van der Waals surface area contributed by atoms with Crippen LogP contribution >= 0.6 is 0 Å². The van der Waals surface area contributed by atoms with Crippen LogP contribution in [0.15, 0.2) is 48.5 Å². The molecule has 7 nitrogen and oxygen atoms in total. The first-order valence-electron chi connectivity index (χ1n) is 11.2. The van der Waals surface area contributed by atoms with Crippen molar-refractivity contribution < 1.29 is 33.0 Å². The van der Waals surface area contributed by atoms with Gasteiger partial charge in [0.05, 0.1) is 6.54 Å². The fourth-order valence-corrected chi connectivity index (χ4v) is 4.69. The van der Waals surface area contributed by atoms with E-state index in [1.807, 2.05) is 48.5 Å². The zero-order chi connectivity index (χ0) is 24.5. The number of nitrogens with one attached hydrogen (secondary N) is 1. The van der Waals surface area contributed by atoms with Gasteiger partial charge in [-0.05, 0) is 28.2 Å². The van der Waals surface area contributed by atoms with Crippen molar-refractivity contribution in [2.45, 2.75) is 37.6 Å². The summed E-state index contributed by atoms with van der Waals surface area (Å²) in [5.74, 6) is -5.82. The number of fused-ring (bicyclic) bond motifs is 3. The Hall–Kier alpha value is -3.49. The Morgan fingerprint density at radius 2 is 1.71 bits per heavy atom. The van der Waals surface area contributed by atoms with Gasteiger partial charge in [-0.15, -0.1) is 0 Å². The predicted octanol–water partition coefficient (Wildman–Crippen LogP) is 3.87. The third-order valence-electron chi connectivity index (χ3n) is 6.34. The van der Waals surface area contributed by atoms with E-state index in [9.17, 15) is 23.2 Å². The molecule has 4 rings (SSSR count). The Bertz CT molecular complexity index is 1060. The highest BCUT2D eigenvalue weighted by molar-refractivity contribution is 5.85. The molecule has 0 bridgehead atoms. The van der Waals surface area contributed by atoms with Crippen molar-refractivity contribution in [3.05, 3.63) is 59.7 Å². The first kappa shape index (κ1) is 23.7. The van der Waals surface area contributed by atoms with Gasteiger partial charge < -0.3 is 20.1 Å². The summed E-state index contributed by atoms with van der Waals surface area (Å²) in [6.45, 7) is 1.00. The van der Waals surface area contributed by atoms with Gasteiger partial charge in [0.15, 0.2) is 0 Å². The van der Waals surface area contributed by atoms with Gasteiger partial charge in [-0.1, -0.05) is 55.5 Å². The zero-order valence-electron chi connectivity index (χ0n) is 18.7. The summed E-state index contributed by atoms with van der Waals surface area (Å²) >= 11 is 0. The molecule has 1 aliphatic heterocycles. The summed E-state index contributed by atoms with van der Waals surface area (Å²) in [4.78, 5) is 36.7. The number of aliphatic carboxylic acids is 1. The smallest absolute Gasteiger partial charge is 0.407 e. The lowest BCUT2D eigenvalue weighted by atomic mass is 9.98. The minimum absolute atomic E-state index is 0.0815. The van der Waals surface area contributed by atoms with Crippen LogP contribution in [0.1, 0.15) is 36.8 Å². The van der Waals surface area contributed by atoms with Gasteiger partial charge in [-0.25, -0.2) is 18.4 Å². The molecule has 0 radical (unpaired) electrons. The molecule has 2 N–H and O–H groups in total. The lowest BCUT2D eigenvalue weighted by molar-refractivity contribution is -0.148. The number of nitrogens with zero attached hydrogens (tertiary/aromatic N) is 1. The number of benzene rings is 2. The molecule has 0 aromatic heterocycles. The summed E-state index contributed by atoms with van der Waals surface area (Å²) in [6.07, 6.45) is -1.69. The average molecular weight is 472 g/mol. The molecule has 0 saturated carbocycles. The summed E-state index contributed by atoms with van der Waals surface area (Å²) in [5, 5.41) is 11.7. The highest BCUT2D eigenvalue weighted by atomic mass is 19.3. The number of likely N-dealkylation sites (tertiary alicyclic amines) is 1. The molecule has 2 aromatic rings. The molecule has 2 aromatic carbocycles. The third kappa shape index (κ3) is 4.88. The van der Waals surface area contributed by atoms with Crippen LogP contribution in [0.3, 0.4) is 0 Å². The molecule has 2 aliphatic rings. The van der Waals surface area contributed by atoms with Crippen molar-refractivity contribution in [3.63, 3.8) is 0 Å². The number of carbonyl (C=O) groups is 3. The van der Waals surface area contributed by atoms with Gasteiger partial charge in [0.25, 0.3) is 5.92 Å². The molecule has 9 heteroatoms. The van der Waals surface area contributed by atoms with Crippen molar-refractivity contribution in [3.8, 4) is 11.1 Å². The van der Waals surface area contributed by atoms with E-state index in [1.165, 1.54) is 0 Å². The summed E-state index contributed by atoms with van der Waals surface area (Å²) in [6, 6.07) is 14.4. The molecule has 1 heterocycles. The predicted molar refractivity (Wildman–Crippen MR) is 120 cm³/mol. The number of hydrogen-bond donors (Lipinski definition) is 2. The number of carboxylic acids is 1. The fraction of sp³-hybridized carbons (Fsp3) is 0.400. The summed E-state index contributed by atoms with van der Waals surface area (Å²) in [5.41, 5.74) is 4.41. The van der Waals surface area contributed by atoms with Crippen LogP contribution in [0, 0.1) is 5.92 Å². The fourth-order valence-electron chi connectivity index (χ4n) is 4.69. The molecular weight excluding hydrogens is 446 g/mol. The van der Waals surface area contributed by atoms with Crippen molar-refractivity contribution in [2.75, 3.05) is 19.7 Å². The highest BCUT2D eigenvalue weighted by Gasteiger charge is 2.50. The molecule has 180 valence electrons. The number of carboxylic acid groups (broad SMARTS) is 1. The number of hydrogen-bond acceptors (Lipinski definition) is 4. The number of halogens is 2. The summed E-state index contributed by atoms with van der Waals surface area (Å²) in [7, 11) is 0. The van der Waals surface area contributed by atoms with Gasteiger partial charge >= 0.3 is 12.1 Å². The van der Waals surface area contributed by atoms with E-state index >= 15 is 0 Å². The lowest BCUT2D eigenvalue weighted by Crippen LogP contribution is -2.42. The van der Waals surface area contributed by atoms with Crippen LogP contribution in [-0.2, 0) is 14.3 Å². The van der Waals surface area contributed by atoms with Crippen LogP contribution < -0.4 is 5.32 Å². The number of carbonyl (C=O) groups excluding carboxylic acids is 2. The molecule has 2 amide bonds. The van der Waals surface area contributed by atoms with Gasteiger partial charge in [0.2, 0.25) is 5.91 Å². The third-order valence-corrected chi connectivity index (χ3v) is 6.34. The molecule has 1 fully saturated rings. The van der Waals surface area contributed by atoms with E-state index in [2.05, 4.69) is 5.32 Å². The molecule has 0 spiro atoms. The molecule has 2 atom stereocenters. The quantitative estimate of drug-likeness (QED) is 0.638. The lowest BCUT2D eigenvalue weighted by Gasteiger charge is -2.23. The second-order valence-corrected chi connectivity index (χ2v) is 8.95. The Kier molecular flexibility index (Phi) is 6.54. The van der Waals surface area contributed by atoms with Gasteiger partial charge in [-0.3, -0.25) is 4.79 Å². The maximum absolute atomic E-state index is 13.6. The van der Waals surface area contributed by atoms with Crippen molar-refractivity contribution >= 4 is 18.0 Å². The average Bonchev–Trinajstić information content (AvgIpc) is 3.31. The minimum atomic E-state index is -3.22. The van der Waals surface area contributed by atoms with Gasteiger partial charge in [0, 0.05) is 25.3 Å². The minimum Gasteiger partial charge on any atom is -0.480 e. The highest BCUT2D eigenvalue weighted by Crippen LogP contribution is 2.44. The second-order valence-electron chi connectivity index (χ2n) is 8.95. The monoisotopic (exact) mass is 472 g/mol. The van der Waals surface area contributed by atoms with Crippen LogP contribution in [0.4, 0.5) is 13.6 Å². The van der Waals surface area contributed by atoms with Crippen molar-refractivity contribution in [2.24, 2.45) is 5.92 Å². The van der Waals surface area contributed by atoms with Crippen LogP contribution in [0.2, 0.25) is 0 Å². The largest absolute Gasteiger partial charge is 0.480 e. The van der Waals surface area contributed by atoms with E-state index in [0.29, 0.717) is 4.90 Å². The topological polar surface area (TPSA) is 95.9 Å². The van der Waals surface area contributed by atoms with Crippen LogP contribution in [0.5, 0.6) is 0 Å². The SMILES string of the molecule is CC(CNC(=O)OCC1c2ccccc2-c2ccccc21)CC(=O)N1CC(F)(F)C[C@@H]1C(=O)O. The van der Waals surface area contributed by atoms with Crippen LogP contribution in [0.25, 0.3) is 11.1 Å². The summed E-state index contributed by atoms with van der Waals surface area (Å²) < 4.78 is 32.7. The van der Waals surface area contributed by atoms with Gasteiger partial charge in [0.1, 0.15) is 12.6 Å².